The van der Waals surface area contributed by atoms with E-state index in [1.54, 1.807) is 12.3 Å². The molecule has 4 rings (SSSR count). The summed E-state index contributed by atoms with van der Waals surface area (Å²) >= 11 is 0. The van der Waals surface area contributed by atoms with Crippen molar-refractivity contribution in [2.75, 3.05) is 24.6 Å². The fourth-order valence-electron chi connectivity index (χ4n) is 3.02. The highest BCUT2D eigenvalue weighted by Crippen LogP contribution is 2.30. The lowest BCUT2D eigenvalue weighted by atomic mass is 10.2. The van der Waals surface area contributed by atoms with Crippen LogP contribution in [0.3, 0.4) is 0 Å². The molecule has 1 N–H and O–H groups in total. The summed E-state index contributed by atoms with van der Waals surface area (Å²) in [5.74, 6) is 2.52. The molecule has 0 aliphatic carbocycles. The quantitative estimate of drug-likeness (QED) is 0.910. The van der Waals surface area contributed by atoms with E-state index >= 15 is 0 Å². The number of carbonyl (C=O) groups is 1. The summed E-state index contributed by atoms with van der Waals surface area (Å²) in [6, 6.07) is 9.23. The van der Waals surface area contributed by atoms with E-state index in [1.807, 2.05) is 24.3 Å². The molecule has 0 spiro atoms. The predicted octanol–water partition coefficient (Wildman–Crippen LogP) is 1.53. The third kappa shape index (κ3) is 3.50. The minimum absolute atomic E-state index is 0.192. The number of benzene rings is 1. The van der Waals surface area contributed by atoms with Crippen molar-refractivity contribution in [3.8, 4) is 11.5 Å². The Balaban J connectivity index is 1.35. The Kier molecular flexibility index (Phi) is 4.37. The van der Waals surface area contributed by atoms with Gasteiger partial charge in [0, 0.05) is 19.3 Å². The Hall–Kier alpha value is -2.83. The number of aromatic nitrogens is 2. The molecule has 7 nitrogen and oxygen atoms in total. The smallest absolute Gasteiger partial charge is 0.265 e. The number of anilines is 1. The third-order valence-electron chi connectivity index (χ3n) is 4.34. The van der Waals surface area contributed by atoms with Crippen LogP contribution in [0, 0.1) is 0 Å². The Bertz CT molecular complexity index is 761. The molecule has 7 heteroatoms. The summed E-state index contributed by atoms with van der Waals surface area (Å²) < 4.78 is 11.3. The number of amides is 1. The molecule has 130 valence electrons. The zero-order chi connectivity index (χ0) is 17.1. The minimum atomic E-state index is -0.670. The molecule has 2 aliphatic rings. The van der Waals surface area contributed by atoms with Gasteiger partial charge in [-0.1, -0.05) is 12.1 Å². The summed E-state index contributed by atoms with van der Waals surface area (Å²) in [5, 5.41) is 2.83. The van der Waals surface area contributed by atoms with E-state index < -0.39 is 6.10 Å². The van der Waals surface area contributed by atoms with Gasteiger partial charge in [0.1, 0.15) is 18.2 Å². The molecule has 0 radical (unpaired) electrons. The Morgan fingerprint density at radius 3 is 2.84 bits per heavy atom. The number of hydrogen-bond acceptors (Lipinski definition) is 6. The van der Waals surface area contributed by atoms with Crippen LogP contribution in [0.1, 0.15) is 18.7 Å². The van der Waals surface area contributed by atoms with E-state index in [1.165, 1.54) is 12.8 Å². The molecule has 2 aliphatic heterocycles. The number of hydrogen-bond donors (Lipinski definition) is 1. The fourth-order valence-corrected chi connectivity index (χ4v) is 3.02. The van der Waals surface area contributed by atoms with Crippen molar-refractivity contribution in [1.29, 1.82) is 0 Å². The first-order chi connectivity index (χ1) is 12.3. The maximum absolute atomic E-state index is 12.3. The SMILES string of the molecule is O=C(NCc1nccc(N2CCCC2)n1)C1COc2ccccc2O1. The second-order valence-electron chi connectivity index (χ2n) is 6.11. The molecule has 1 aromatic carbocycles. The van der Waals surface area contributed by atoms with Gasteiger partial charge in [0.15, 0.2) is 11.5 Å². The van der Waals surface area contributed by atoms with Gasteiger partial charge in [-0.25, -0.2) is 9.97 Å². The number of rotatable bonds is 4. The zero-order valence-corrected chi connectivity index (χ0v) is 13.9. The molecule has 1 unspecified atom stereocenters. The summed E-state index contributed by atoms with van der Waals surface area (Å²) in [5.41, 5.74) is 0. The van der Waals surface area contributed by atoms with Crippen LogP contribution in [0.5, 0.6) is 11.5 Å². The summed E-state index contributed by atoms with van der Waals surface area (Å²) in [6.45, 7) is 2.50. The highest BCUT2D eigenvalue weighted by molar-refractivity contribution is 5.81. The van der Waals surface area contributed by atoms with Gasteiger partial charge in [0.25, 0.3) is 5.91 Å². The average molecular weight is 340 g/mol. The predicted molar refractivity (Wildman–Crippen MR) is 91.7 cm³/mol. The standard InChI is InChI=1S/C18H20N4O3/c23-18(15-12-24-13-5-1-2-6-14(13)25-15)20-11-16-19-8-7-17(21-16)22-9-3-4-10-22/h1-2,5-8,15H,3-4,9-12H2,(H,20,23). The molecule has 3 heterocycles. The van der Waals surface area contributed by atoms with Crippen LogP contribution in [0.4, 0.5) is 5.82 Å². The van der Waals surface area contributed by atoms with Crippen LogP contribution in [-0.2, 0) is 11.3 Å². The number of nitrogens with zero attached hydrogens (tertiary/aromatic N) is 3. The molecule has 1 aromatic heterocycles. The van der Waals surface area contributed by atoms with Crippen molar-refractivity contribution < 1.29 is 14.3 Å². The number of nitrogens with one attached hydrogen (secondary N) is 1. The van der Waals surface area contributed by atoms with Crippen LogP contribution in [-0.4, -0.2) is 41.7 Å². The molecule has 1 amide bonds. The first-order valence-corrected chi connectivity index (χ1v) is 8.53. The van der Waals surface area contributed by atoms with Crippen molar-refractivity contribution in [2.45, 2.75) is 25.5 Å². The average Bonchev–Trinajstić information content (AvgIpc) is 3.21. The Morgan fingerprint density at radius 2 is 2.00 bits per heavy atom. The number of ether oxygens (including phenoxy) is 2. The summed E-state index contributed by atoms with van der Waals surface area (Å²) in [6.07, 6.45) is 3.45. The van der Waals surface area contributed by atoms with Crippen molar-refractivity contribution in [2.24, 2.45) is 0 Å². The molecule has 1 saturated heterocycles. The van der Waals surface area contributed by atoms with Gasteiger partial charge in [-0.15, -0.1) is 0 Å². The van der Waals surface area contributed by atoms with Gasteiger partial charge in [0.05, 0.1) is 6.54 Å². The summed E-state index contributed by atoms with van der Waals surface area (Å²) in [4.78, 5) is 23.4. The van der Waals surface area contributed by atoms with Gasteiger partial charge in [-0.2, -0.15) is 0 Å². The van der Waals surface area contributed by atoms with E-state index in [4.69, 9.17) is 9.47 Å². The van der Waals surface area contributed by atoms with Crippen molar-refractivity contribution in [3.05, 3.63) is 42.4 Å². The number of carbonyl (C=O) groups excluding carboxylic acids is 1. The van der Waals surface area contributed by atoms with Gasteiger partial charge in [0.2, 0.25) is 6.10 Å². The van der Waals surface area contributed by atoms with E-state index in [0.717, 1.165) is 18.9 Å². The van der Waals surface area contributed by atoms with Gasteiger partial charge in [-0.05, 0) is 31.0 Å². The topological polar surface area (TPSA) is 76.6 Å². The molecule has 1 atom stereocenters. The van der Waals surface area contributed by atoms with Crippen molar-refractivity contribution in [3.63, 3.8) is 0 Å². The lowest BCUT2D eigenvalue weighted by Gasteiger charge is -2.25. The fraction of sp³-hybridized carbons (Fsp3) is 0.389. The van der Waals surface area contributed by atoms with E-state index in [2.05, 4.69) is 20.2 Å². The Morgan fingerprint density at radius 1 is 1.20 bits per heavy atom. The first-order valence-electron chi connectivity index (χ1n) is 8.53. The lowest BCUT2D eigenvalue weighted by Crippen LogP contribution is -2.43. The van der Waals surface area contributed by atoms with Crippen molar-refractivity contribution >= 4 is 11.7 Å². The van der Waals surface area contributed by atoms with Crippen LogP contribution in [0.25, 0.3) is 0 Å². The van der Waals surface area contributed by atoms with Crippen LogP contribution < -0.4 is 19.7 Å². The van der Waals surface area contributed by atoms with Crippen LogP contribution in [0.15, 0.2) is 36.5 Å². The van der Waals surface area contributed by atoms with Gasteiger partial charge in [-0.3, -0.25) is 4.79 Å². The highest BCUT2D eigenvalue weighted by atomic mass is 16.6. The van der Waals surface area contributed by atoms with E-state index in [9.17, 15) is 4.79 Å². The van der Waals surface area contributed by atoms with E-state index in [-0.39, 0.29) is 19.1 Å². The molecule has 2 aromatic rings. The monoisotopic (exact) mass is 340 g/mol. The zero-order valence-electron chi connectivity index (χ0n) is 13.9. The molecule has 25 heavy (non-hydrogen) atoms. The maximum atomic E-state index is 12.3. The second-order valence-corrected chi connectivity index (χ2v) is 6.11. The maximum Gasteiger partial charge on any atom is 0.265 e. The molecule has 0 bridgehead atoms. The number of para-hydroxylation sites is 2. The van der Waals surface area contributed by atoms with Gasteiger partial charge < -0.3 is 19.7 Å². The van der Waals surface area contributed by atoms with Crippen LogP contribution in [0.2, 0.25) is 0 Å². The number of fused-ring (bicyclic) bond motifs is 1. The van der Waals surface area contributed by atoms with Crippen LogP contribution >= 0.6 is 0 Å². The third-order valence-corrected chi connectivity index (χ3v) is 4.34. The lowest BCUT2D eigenvalue weighted by molar-refractivity contribution is -0.130. The molecule has 1 fully saturated rings. The first kappa shape index (κ1) is 15.7. The Labute approximate surface area is 146 Å². The normalized spacial score (nSPS) is 18.9. The van der Waals surface area contributed by atoms with Gasteiger partial charge >= 0.3 is 0 Å². The van der Waals surface area contributed by atoms with Crippen molar-refractivity contribution in [1.82, 2.24) is 15.3 Å². The summed E-state index contributed by atoms with van der Waals surface area (Å²) in [7, 11) is 0. The highest BCUT2D eigenvalue weighted by Gasteiger charge is 2.27. The largest absolute Gasteiger partial charge is 0.485 e. The molecular formula is C18H20N4O3. The molecular weight excluding hydrogens is 320 g/mol. The minimum Gasteiger partial charge on any atom is -0.485 e. The molecule has 0 saturated carbocycles. The van der Waals surface area contributed by atoms with E-state index in [0.29, 0.717) is 17.3 Å². The second kappa shape index (κ2) is 6.96.